The Morgan fingerprint density at radius 1 is 1.16 bits per heavy atom. The topological polar surface area (TPSA) is 126 Å². The van der Waals surface area contributed by atoms with Crippen LogP contribution in [0, 0.1) is 0 Å². The Labute approximate surface area is 220 Å². The summed E-state index contributed by atoms with van der Waals surface area (Å²) in [6.07, 6.45) is 1.66. The number of rotatable bonds is 9. The van der Waals surface area contributed by atoms with E-state index in [9.17, 15) is 9.90 Å². The summed E-state index contributed by atoms with van der Waals surface area (Å²) in [5.74, 6) is 0.0222. The second-order valence-electron chi connectivity index (χ2n) is 9.44. The fourth-order valence-corrected chi connectivity index (χ4v) is 4.59. The molecule has 0 aliphatic rings. The molecule has 0 bridgehead atoms. The van der Waals surface area contributed by atoms with Crippen LogP contribution in [0.1, 0.15) is 38.1 Å². The molecule has 0 unspecified atom stereocenters. The number of halogens is 1. The molecule has 0 saturated carbocycles. The van der Waals surface area contributed by atoms with Gasteiger partial charge in [0.15, 0.2) is 12.5 Å². The lowest BCUT2D eigenvalue weighted by atomic mass is 9.93. The summed E-state index contributed by atoms with van der Waals surface area (Å²) in [7, 11) is 5.34. The van der Waals surface area contributed by atoms with Crippen molar-refractivity contribution in [2.24, 2.45) is 0 Å². The Balaban J connectivity index is 2.18. The van der Waals surface area contributed by atoms with Gasteiger partial charge in [-0.25, -0.2) is 14.8 Å². The van der Waals surface area contributed by atoms with Gasteiger partial charge in [-0.2, -0.15) is 0 Å². The van der Waals surface area contributed by atoms with E-state index in [0.717, 1.165) is 22.5 Å². The molecule has 1 aromatic carbocycles. The number of ether oxygens (including phenoxy) is 1. The predicted molar refractivity (Wildman–Crippen MR) is 146 cm³/mol. The number of nitrogens with zero attached hydrogens (tertiary/aromatic N) is 3. The molecule has 0 amide bonds. The second kappa shape index (κ2) is 10.3. The third-order valence-corrected chi connectivity index (χ3v) is 6.10. The highest BCUT2D eigenvalue weighted by atomic mass is 35.5. The SMILES string of the molecule is CNc1nc2c(c(NC)c(NC)n2Cc2cocn2)c(-c2ccc(Cl)cc2)c1[C@H](OC(C)(C)C)C(=O)O. The molecule has 0 spiro atoms. The summed E-state index contributed by atoms with van der Waals surface area (Å²) in [5, 5.41) is 21.3. The summed E-state index contributed by atoms with van der Waals surface area (Å²) in [6.45, 7) is 5.84. The highest BCUT2D eigenvalue weighted by molar-refractivity contribution is 6.30. The van der Waals surface area contributed by atoms with E-state index >= 15 is 0 Å². The van der Waals surface area contributed by atoms with Crippen LogP contribution in [0.15, 0.2) is 41.3 Å². The largest absolute Gasteiger partial charge is 0.479 e. The minimum atomic E-state index is -1.30. The third kappa shape index (κ3) is 5.07. The summed E-state index contributed by atoms with van der Waals surface area (Å²) in [5.41, 5.74) is 3.20. The van der Waals surface area contributed by atoms with E-state index in [-0.39, 0.29) is 0 Å². The molecule has 0 aliphatic heterocycles. The van der Waals surface area contributed by atoms with Crippen LogP contribution in [0.5, 0.6) is 0 Å². The lowest BCUT2D eigenvalue weighted by Crippen LogP contribution is -2.28. The van der Waals surface area contributed by atoms with E-state index in [0.29, 0.717) is 39.9 Å². The first-order valence-electron chi connectivity index (χ1n) is 11.8. The lowest BCUT2D eigenvalue weighted by molar-refractivity contribution is -0.160. The van der Waals surface area contributed by atoms with E-state index in [1.165, 1.54) is 6.39 Å². The van der Waals surface area contributed by atoms with Crippen LogP contribution in [0.4, 0.5) is 17.3 Å². The Morgan fingerprint density at radius 3 is 2.38 bits per heavy atom. The molecular weight excluding hydrogens is 496 g/mol. The number of fused-ring (bicyclic) bond motifs is 1. The van der Waals surface area contributed by atoms with Gasteiger partial charge in [-0.15, -0.1) is 0 Å². The molecule has 4 aromatic rings. The number of carbonyl (C=O) groups is 1. The first-order valence-corrected chi connectivity index (χ1v) is 12.1. The van der Waals surface area contributed by atoms with Gasteiger partial charge < -0.3 is 34.8 Å². The molecule has 4 N–H and O–H groups in total. The van der Waals surface area contributed by atoms with Gasteiger partial charge in [-0.1, -0.05) is 23.7 Å². The van der Waals surface area contributed by atoms with Crippen LogP contribution in [0.2, 0.25) is 5.02 Å². The Morgan fingerprint density at radius 2 is 1.86 bits per heavy atom. The van der Waals surface area contributed by atoms with Crippen molar-refractivity contribution < 1.29 is 19.1 Å². The molecule has 37 heavy (non-hydrogen) atoms. The number of carboxylic acids is 1. The second-order valence-corrected chi connectivity index (χ2v) is 9.88. The summed E-state index contributed by atoms with van der Waals surface area (Å²) < 4.78 is 13.3. The number of anilines is 3. The molecule has 11 heteroatoms. The zero-order chi connectivity index (χ0) is 26.9. The van der Waals surface area contributed by atoms with E-state index in [1.54, 1.807) is 25.4 Å². The fraction of sp³-hybridized carbons (Fsp3) is 0.346. The van der Waals surface area contributed by atoms with Crippen molar-refractivity contribution in [3.63, 3.8) is 0 Å². The lowest BCUT2D eigenvalue weighted by Gasteiger charge is -2.28. The van der Waals surface area contributed by atoms with Crippen LogP contribution in [-0.4, -0.2) is 52.4 Å². The van der Waals surface area contributed by atoms with Crippen molar-refractivity contribution in [3.05, 3.63) is 53.2 Å². The number of nitrogens with one attached hydrogen (secondary N) is 3. The van der Waals surface area contributed by atoms with Crippen LogP contribution < -0.4 is 16.0 Å². The smallest absolute Gasteiger partial charge is 0.337 e. The number of hydrogen-bond acceptors (Lipinski definition) is 8. The summed E-state index contributed by atoms with van der Waals surface area (Å²) >= 11 is 6.22. The Hall–Kier alpha value is -3.76. The maximum Gasteiger partial charge on any atom is 0.337 e. The minimum Gasteiger partial charge on any atom is -0.479 e. The molecule has 4 rings (SSSR count). The number of aromatic nitrogens is 3. The van der Waals surface area contributed by atoms with Gasteiger partial charge in [0.2, 0.25) is 0 Å². The normalized spacial score (nSPS) is 12.5. The standard InChI is InChI=1S/C26H31ClN6O4/c1-26(2,3)37-21(25(34)35)19-17(14-7-9-15(27)10-8-14)18-20(28-4)24(30-6)33(11-16-12-36-13-31-16)23(18)32-22(19)29-5/h7-10,12-13,21,28,30H,11H2,1-6H3,(H,29,32)(H,34,35)/t21-/m0/s1. The van der Waals surface area contributed by atoms with Gasteiger partial charge in [0.25, 0.3) is 0 Å². The van der Waals surface area contributed by atoms with E-state index in [2.05, 4.69) is 20.9 Å². The molecule has 0 fully saturated rings. The van der Waals surface area contributed by atoms with E-state index < -0.39 is 17.7 Å². The summed E-state index contributed by atoms with van der Waals surface area (Å²) in [4.78, 5) is 21.9. The van der Waals surface area contributed by atoms with Crippen LogP contribution in [0.25, 0.3) is 22.2 Å². The van der Waals surface area contributed by atoms with Gasteiger partial charge in [0, 0.05) is 37.3 Å². The number of pyridine rings is 1. The van der Waals surface area contributed by atoms with Crippen molar-refractivity contribution in [2.45, 2.75) is 39.0 Å². The highest BCUT2D eigenvalue weighted by Gasteiger charge is 2.35. The Bertz CT molecular complexity index is 1410. The minimum absolute atomic E-state index is 0.376. The molecule has 10 nitrogen and oxygen atoms in total. The van der Waals surface area contributed by atoms with Crippen molar-refractivity contribution in [1.29, 1.82) is 0 Å². The third-order valence-electron chi connectivity index (χ3n) is 5.85. The van der Waals surface area contributed by atoms with Gasteiger partial charge in [-0.3, -0.25) is 0 Å². The number of hydrogen-bond donors (Lipinski definition) is 4. The molecule has 1 atom stereocenters. The quantitative estimate of drug-likeness (QED) is 0.225. The van der Waals surface area contributed by atoms with Crippen molar-refractivity contribution >= 4 is 45.9 Å². The highest BCUT2D eigenvalue weighted by Crippen LogP contribution is 2.47. The molecule has 3 aromatic heterocycles. The van der Waals surface area contributed by atoms with Crippen molar-refractivity contribution in [3.8, 4) is 11.1 Å². The number of carboxylic acid groups (broad SMARTS) is 1. The molecule has 0 aliphatic carbocycles. The molecule has 3 heterocycles. The van der Waals surface area contributed by atoms with Gasteiger partial charge in [-0.05, 0) is 38.5 Å². The average molecular weight is 527 g/mol. The average Bonchev–Trinajstić information content (AvgIpc) is 3.47. The van der Waals surface area contributed by atoms with Gasteiger partial charge >= 0.3 is 5.97 Å². The first kappa shape index (κ1) is 26.3. The maximum atomic E-state index is 12.7. The summed E-state index contributed by atoms with van der Waals surface area (Å²) in [6, 6.07) is 7.28. The predicted octanol–water partition coefficient (Wildman–Crippen LogP) is 5.46. The first-order chi connectivity index (χ1) is 17.6. The molecular formula is C26H31ClN6O4. The van der Waals surface area contributed by atoms with E-state index in [4.69, 9.17) is 25.7 Å². The molecule has 0 saturated heterocycles. The zero-order valence-electron chi connectivity index (χ0n) is 21.6. The van der Waals surface area contributed by atoms with Crippen LogP contribution in [-0.2, 0) is 16.1 Å². The van der Waals surface area contributed by atoms with Crippen molar-refractivity contribution in [2.75, 3.05) is 37.1 Å². The van der Waals surface area contributed by atoms with Gasteiger partial charge in [0.1, 0.15) is 23.5 Å². The van der Waals surface area contributed by atoms with Crippen molar-refractivity contribution in [1.82, 2.24) is 14.5 Å². The molecule has 0 radical (unpaired) electrons. The van der Waals surface area contributed by atoms with Crippen LogP contribution >= 0.6 is 11.6 Å². The zero-order valence-corrected chi connectivity index (χ0v) is 22.4. The number of oxazole rings is 1. The monoisotopic (exact) mass is 526 g/mol. The van der Waals surface area contributed by atoms with E-state index in [1.807, 2.05) is 51.6 Å². The fourth-order valence-electron chi connectivity index (χ4n) is 4.46. The van der Waals surface area contributed by atoms with Crippen LogP contribution in [0.3, 0.4) is 0 Å². The molecule has 196 valence electrons. The number of benzene rings is 1. The Kier molecular flexibility index (Phi) is 7.33. The maximum absolute atomic E-state index is 12.7. The number of aliphatic carboxylic acids is 1. The van der Waals surface area contributed by atoms with Gasteiger partial charge in [0.05, 0.1) is 28.9 Å².